The second kappa shape index (κ2) is 8.93. The van der Waals surface area contributed by atoms with Crippen LogP contribution in [0.5, 0.6) is 5.75 Å². The molecule has 0 aromatic heterocycles. The van der Waals surface area contributed by atoms with Gasteiger partial charge in [-0.25, -0.2) is 4.79 Å². The van der Waals surface area contributed by atoms with Gasteiger partial charge < -0.3 is 19.9 Å². The molecule has 2 aromatic rings. The lowest BCUT2D eigenvalue weighted by Crippen LogP contribution is -2.26. The number of para-hydroxylation sites is 1. The lowest BCUT2D eigenvalue weighted by Gasteiger charge is -2.15. The minimum Gasteiger partial charge on any atom is -0.491 e. The van der Waals surface area contributed by atoms with E-state index in [1.54, 1.807) is 31.2 Å². The molecule has 24 heavy (non-hydrogen) atoms. The van der Waals surface area contributed by atoms with Gasteiger partial charge in [-0.05, 0) is 49.7 Å². The summed E-state index contributed by atoms with van der Waals surface area (Å²) < 4.78 is 10.5. The van der Waals surface area contributed by atoms with Crippen molar-refractivity contribution in [2.24, 2.45) is 0 Å². The number of benzene rings is 2. The number of nitrogens with one attached hydrogen (secondary N) is 1. The Morgan fingerprint density at radius 1 is 1.17 bits per heavy atom. The van der Waals surface area contributed by atoms with Gasteiger partial charge in [-0.1, -0.05) is 18.2 Å². The van der Waals surface area contributed by atoms with Crippen molar-refractivity contribution < 1.29 is 19.4 Å². The van der Waals surface area contributed by atoms with Crippen molar-refractivity contribution in [3.8, 4) is 5.75 Å². The number of aliphatic hydroxyl groups is 1. The van der Waals surface area contributed by atoms with Crippen molar-refractivity contribution in [2.75, 3.05) is 25.1 Å². The average Bonchev–Trinajstić information content (AvgIpc) is 2.60. The molecule has 0 spiro atoms. The zero-order valence-electron chi connectivity index (χ0n) is 14.0. The fourth-order valence-corrected chi connectivity index (χ4v) is 2.14. The first-order valence-corrected chi connectivity index (χ1v) is 7.97. The maximum absolute atomic E-state index is 11.6. The van der Waals surface area contributed by atoms with Gasteiger partial charge in [0, 0.05) is 12.2 Å². The van der Waals surface area contributed by atoms with Gasteiger partial charge in [0.25, 0.3) is 0 Å². The number of carbonyl (C=O) groups is 1. The molecule has 0 aliphatic heterocycles. The first kappa shape index (κ1) is 17.8. The largest absolute Gasteiger partial charge is 0.491 e. The highest BCUT2D eigenvalue weighted by atomic mass is 16.5. The summed E-state index contributed by atoms with van der Waals surface area (Å²) in [4.78, 5) is 11.6. The third-order valence-corrected chi connectivity index (χ3v) is 3.46. The van der Waals surface area contributed by atoms with E-state index in [2.05, 4.69) is 5.32 Å². The van der Waals surface area contributed by atoms with Crippen LogP contribution in [0, 0.1) is 6.92 Å². The Labute approximate surface area is 142 Å². The van der Waals surface area contributed by atoms with Crippen LogP contribution in [-0.4, -0.2) is 36.9 Å². The van der Waals surface area contributed by atoms with Crippen LogP contribution >= 0.6 is 0 Å². The first-order chi connectivity index (χ1) is 11.6. The smallest absolute Gasteiger partial charge is 0.338 e. The zero-order chi connectivity index (χ0) is 17.4. The summed E-state index contributed by atoms with van der Waals surface area (Å²) in [5, 5.41) is 13.1. The summed E-state index contributed by atoms with van der Waals surface area (Å²) in [6.07, 6.45) is -0.644. The van der Waals surface area contributed by atoms with Gasteiger partial charge in [0.1, 0.15) is 18.5 Å². The van der Waals surface area contributed by atoms with E-state index in [1.807, 2.05) is 31.2 Å². The molecule has 0 saturated carbocycles. The van der Waals surface area contributed by atoms with Crippen LogP contribution in [0.1, 0.15) is 22.8 Å². The lowest BCUT2D eigenvalue weighted by molar-refractivity contribution is 0.0526. The van der Waals surface area contributed by atoms with E-state index < -0.39 is 6.10 Å². The van der Waals surface area contributed by atoms with Crippen molar-refractivity contribution >= 4 is 11.7 Å². The number of rotatable bonds is 8. The molecule has 0 amide bonds. The molecule has 0 fully saturated rings. The van der Waals surface area contributed by atoms with Gasteiger partial charge in [0.2, 0.25) is 0 Å². The number of carbonyl (C=O) groups excluding carboxylic acids is 1. The van der Waals surface area contributed by atoms with E-state index in [0.717, 1.165) is 17.0 Å². The summed E-state index contributed by atoms with van der Waals surface area (Å²) in [7, 11) is 0. The quantitative estimate of drug-likeness (QED) is 0.729. The zero-order valence-corrected chi connectivity index (χ0v) is 14.0. The fourth-order valence-electron chi connectivity index (χ4n) is 2.14. The van der Waals surface area contributed by atoms with Crippen LogP contribution in [-0.2, 0) is 4.74 Å². The van der Waals surface area contributed by atoms with Crippen LogP contribution < -0.4 is 10.1 Å². The number of hydrogen-bond donors (Lipinski definition) is 2. The van der Waals surface area contributed by atoms with E-state index in [4.69, 9.17) is 9.47 Å². The third-order valence-electron chi connectivity index (χ3n) is 3.46. The summed E-state index contributed by atoms with van der Waals surface area (Å²) in [5.74, 6) is 0.436. The SMILES string of the molecule is CCOC(=O)c1ccc(NC[C@@H](O)COc2ccccc2C)cc1. The average molecular weight is 329 g/mol. The summed E-state index contributed by atoms with van der Waals surface area (Å²) in [6, 6.07) is 14.6. The van der Waals surface area contributed by atoms with Gasteiger partial charge in [-0.15, -0.1) is 0 Å². The van der Waals surface area contributed by atoms with E-state index in [-0.39, 0.29) is 12.6 Å². The molecular weight excluding hydrogens is 306 g/mol. The Kier molecular flexibility index (Phi) is 6.63. The fraction of sp³-hybridized carbons (Fsp3) is 0.316. The summed E-state index contributed by atoms with van der Waals surface area (Å²) >= 11 is 0. The monoisotopic (exact) mass is 329 g/mol. The molecule has 0 saturated heterocycles. The van der Waals surface area contributed by atoms with Crippen molar-refractivity contribution in [1.82, 2.24) is 0 Å². The Bertz CT molecular complexity index is 655. The van der Waals surface area contributed by atoms with Gasteiger partial charge in [0.15, 0.2) is 0 Å². The first-order valence-electron chi connectivity index (χ1n) is 7.97. The number of ether oxygens (including phenoxy) is 2. The van der Waals surface area contributed by atoms with Gasteiger partial charge in [-0.2, -0.15) is 0 Å². The third kappa shape index (κ3) is 5.28. The molecule has 0 aliphatic rings. The van der Waals surface area contributed by atoms with E-state index in [1.165, 1.54) is 0 Å². The van der Waals surface area contributed by atoms with Crippen LogP contribution in [0.3, 0.4) is 0 Å². The molecule has 5 nitrogen and oxygen atoms in total. The molecule has 0 unspecified atom stereocenters. The number of hydrogen-bond acceptors (Lipinski definition) is 5. The highest BCUT2D eigenvalue weighted by molar-refractivity contribution is 5.89. The minimum absolute atomic E-state index is 0.207. The van der Waals surface area contributed by atoms with Crippen LogP contribution in [0.2, 0.25) is 0 Å². The minimum atomic E-state index is -0.644. The molecular formula is C19H23NO4. The van der Waals surface area contributed by atoms with Gasteiger partial charge in [0.05, 0.1) is 12.2 Å². The van der Waals surface area contributed by atoms with Crippen LogP contribution in [0.15, 0.2) is 48.5 Å². The Morgan fingerprint density at radius 3 is 2.54 bits per heavy atom. The van der Waals surface area contributed by atoms with Gasteiger partial charge in [-0.3, -0.25) is 0 Å². The standard InChI is InChI=1S/C19H23NO4/c1-3-23-19(22)15-8-10-16(11-9-15)20-12-17(21)13-24-18-7-5-4-6-14(18)2/h4-11,17,20-21H,3,12-13H2,1-2H3/t17-/m1/s1. The van der Waals surface area contributed by atoms with Gasteiger partial charge >= 0.3 is 5.97 Å². The van der Waals surface area contributed by atoms with E-state index in [9.17, 15) is 9.90 Å². The van der Waals surface area contributed by atoms with Crippen molar-refractivity contribution in [3.63, 3.8) is 0 Å². The molecule has 2 N–H and O–H groups in total. The topological polar surface area (TPSA) is 67.8 Å². The lowest BCUT2D eigenvalue weighted by atomic mass is 10.2. The Balaban J connectivity index is 1.78. The maximum Gasteiger partial charge on any atom is 0.338 e. The molecule has 128 valence electrons. The maximum atomic E-state index is 11.6. The van der Waals surface area contributed by atoms with Crippen molar-refractivity contribution in [1.29, 1.82) is 0 Å². The second-order valence-electron chi connectivity index (χ2n) is 5.41. The molecule has 1 atom stereocenters. The number of anilines is 1. The normalized spacial score (nSPS) is 11.6. The molecule has 2 rings (SSSR count). The number of aliphatic hydroxyl groups excluding tert-OH is 1. The molecule has 0 aliphatic carbocycles. The molecule has 0 radical (unpaired) electrons. The van der Waals surface area contributed by atoms with E-state index in [0.29, 0.717) is 18.7 Å². The predicted octanol–water partition coefficient (Wildman–Crippen LogP) is 3.02. The number of esters is 1. The van der Waals surface area contributed by atoms with E-state index >= 15 is 0 Å². The molecule has 5 heteroatoms. The highest BCUT2D eigenvalue weighted by Crippen LogP contribution is 2.16. The molecule has 2 aromatic carbocycles. The van der Waals surface area contributed by atoms with Crippen LogP contribution in [0.4, 0.5) is 5.69 Å². The Hall–Kier alpha value is -2.53. The predicted molar refractivity (Wildman–Crippen MR) is 93.6 cm³/mol. The van der Waals surface area contributed by atoms with Crippen molar-refractivity contribution in [2.45, 2.75) is 20.0 Å². The van der Waals surface area contributed by atoms with Crippen molar-refractivity contribution in [3.05, 3.63) is 59.7 Å². The highest BCUT2D eigenvalue weighted by Gasteiger charge is 2.08. The second-order valence-corrected chi connectivity index (χ2v) is 5.41. The van der Waals surface area contributed by atoms with Crippen LogP contribution in [0.25, 0.3) is 0 Å². The number of aryl methyl sites for hydroxylation is 1. The summed E-state index contributed by atoms with van der Waals surface area (Å²) in [5.41, 5.74) is 2.36. The molecule has 0 bridgehead atoms. The Morgan fingerprint density at radius 2 is 1.88 bits per heavy atom. The molecule has 0 heterocycles. The summed E-state index contributed by atoms with van der Waals surface area (Å²) in [6.45, 7) is 4.65.